The fourth-order valence-corrected chi connectivity index (χ4v) is 2.43. The van der Waals surface area contributed by atoms with Gasteiger partial charge in [0.1, 0.15) is 5.75 Å². The molecule has 0 amide bonds. The average Bonchev–Trinajstić information content (AvgIpc) is 2.82. The predicted octanol–water partition coefficient (Wildman–Crippen LogP) is 4.10. The van der Waals surface area contributed by atoms with Crippen molar-refractivity contribution in [3.8, 4) is 5.75 Å². The Kier molecular flexibility index (Phi) is 4.86. The van der Waals surface area contributed by atoms with E-state index >= 15 is 0 Å². The van der Waals surface area contributed by atoms with Crippen LogP contribution in [0.15, 0.2) is 22.7 Å². The number of aryl methyl sites for hydroxylation is 1. The first-order valence-electron chi connectivity index (χ1n) is 6.26. The Morgan fingerprint density at radius 3 is 3.12 bits per heavy atom. The van der Waals surface area contributed by atoms with Gasteiger partial charge in [-0.05, 0) is 50.3 Å². The highest BCUT2D eigenvalue weighted by molar-refractivity contribution is 9.10. The summed E-state index contributed by atoms with van der Waals surface area (Å²) in [5.74, 6) is 0.978. The Morgan fingerprint density at radius 1 is 1.47 bits per heavy atom. The zero-order chi connectivity index (χ0) is 12.1. The monoisotopic (exact) mass is 298 g/mol. The van der Waals surface area contributed by atoms with Crippen molar-refractivity contribution >= 4 is 15.9 Å². The first kappa shape index (κ1) is 12.9. The minimum absolute atomic E-state index is 0.474. The van der Waals surface area contributed by atoms with Crippen LogP contribution in [0.25, 0.3) is 0 Å². The van der Waals surface area contributed by atoms with Crippen LogP contribution in [0.2, 0.25) is 0 Å². The van der Waals surface area contributed by atoms with E-state index < -0.39 is 0 Å². The molecule has 0 N–H and O–H groups in total. The van der Waals surface area contributed by atoms with Crippen LogP contribution in [0.1, 0.15) is 31.2 Å². The molecule has 1 aliphatic rings. The van der Waals surface area contributed by atoms with Gasteiger partial charge in [0, 0.05) is 11.1 Å². The number of hydrogen-bond donors (Lipinski definition) is 0. The van der Waals surface area contributed by atoms with E-state index in [1.54, 1.807) is 0 Å². The zero-order valence-corrected chi connectivity index (χ0v) is 11.8. The van der Waals surface area contributed by atoms with Crippen molar-refractivity contribution in [3.05, 3.63) is 28.2 Å². The molecule has 1 aromatic rings. The molecule has 0 aliphatic carbocycles. The van der Waals surface area contributed by atoms with E-state index in [9.17, 15) is 0 Å². The summed E-state index contributed by atoms with van der Waals surface area (Å²) in [5, 5.41) is 0. The highest BCUT2D eigenvalue weighted by Crippen LogP contribution is 2.23. The van der Waals surface area contributed by atoms with Gasteiger partial charge in [0.05, 0.1) is 12.7 Å². The molecule has 0 radical (unpaired) electrons. The second-order valence-corrected chi connectivity index (χ2v) is 5.45. The lowest BCUT2D eigenvalue weighted by Gasteiger charge is -2.11. The summed E-state index contributed by atoms with van der Waals surface area (Å²) in [7, 11) is 0. The lowest BCUT2D eigenvalue weighted by atomic mass is 10.1. The third kappa shape index (κ3) is 4.00. The van der Waals surface area contributed by atoms with E-state index in [4.69, 9.17) is 9.47 Å². The Bertz CT molecular complexity index is 359. The molecule has 3 heteroatoms. The van der Waals surface area contributed by atoms with Gasteiger partial charge in [-0.2, -0.15) is 0 Å². The van der Waals surface area contributed by atoms with Gasteiger partial charge in [-0.25, -0.2) is 0 Å². The Balaban J connectivity index is 1.72. The molecule has 1 aliphatic heterocycles. The van der Waals surface area contributed by atoms with E-state index in [0.29, 0.717) is 6.10 Å². The van der Waals surface area contributed by atoms with Crippen molar-refractivity contribution in [2.24, 2.45) is 0 Å². The molecule has 1 heterocycles. The number of rotatable bonds is 5. The summed E-state index contributed by atoms with van der Waals surface area (Å²) in [6, 6.07) is 6.13. The second kappa shape index (κ2) is 6.41. The van der Waals surface area contributed by atoms with Crippen LogP contribution in [0, 0.1) is 6.92 Å². The minimum Gasteiger partial charge on any atom is -0.493 e. The second-order valence-electron chi connectivity index (χ2n) is 4.54. The summed E-state index contributed by atoms with van der Waals surface area (Å²) in [6.45, 7) is 3.79. The third-order valence-corrected chi connectivity index (χ3v) is 3.60. The van der Waals surface area contributed by atoms with Crippen LogP contribution in [0.5, 0.6) is 5.75 Å². The van der Waals surface area contributed by atoms with Crippen LogP contribution < -0.4 is 4.74 Å². The number of hydrogen-bond acceptors (Lipinski definition) is 2. The van der Waals surface area contributed by atoms with Crippen molar-refractivity contribution in [1.82, 2.24) is 0 Å². The summed E-state index contributed by atoms with van der Waals surface area (Å²) < 4.78 is 12.4. The number of benzene rings is 1. The topological polar surface area (TPSA) is 18.5 Å². The molecule has 0 saturated carbocycles. The zero-order valence-electron chi connectivity index (χ0n) is 10.2. The fourth-order valence-electron chi connectivity index (χ4n) is 2.09. The summed E-state index contributed by atoms with van der Waals surface area (Å²) in [5.41, 5.74) is 1.19. The molecule has 2 nitrogen and oxygen atoms in total. The van der Waals surface area contributed by atoms with Gasteiger partial charge < -0.3 is 9.47 Å². The van der Waals surface area contributed by atoms with Gasteiger partial charge in [-0.15, -0.1) is 0 Å². The van der Waals surface area contributed by atoms with E-state index in [1.165, 1.54) is 18.4 Å². The smallest absolute Gasteiger partial charge is 0.123 e. The van der Waals surface area contributed by atoms with Crippen LogP contribution >= 0.6 is 15.9 Å². The molecule has 1 aromatic carbocycles. The standard InChI is InChI=1S/C14H19BrO2/c1-11-6-7-12(15)10-14(11)17-9-3-5-13-4-2-8-16-13/h6-7,10,13H,2-5,8-9H2,1H3. The Morgan fingerprint density at radius 2 is 2.35 bits per heavy atom. The van der Waals surface area contributed by atoms with Crippen LogP contribution in [-0.2, 0) is 4.74 Å². The normalized spacial score (nSPS) is 19.5. The summed E-state index contributed by atoms with van der Waals surface area (Å²) >= 11 is 3.46. The number of halogens is 1. The molecule has 0 spiro atoms. The van der Waals surface area contributed by atoms with Crippen LogP contribution in [0.4, 0.5) is 0 Å². The molecule has 1 fully saturated rings. The largest absolute Gasteiger partial charge is 0.493 e. The molecule has 1 atom stereocenters. The van der Waals surface area contributed by atoms with Gasteiger partial charge in [0.15, 0.2) is 0 Å². The molecular weight excluding hydrogens is 280 g/mol. The van der Waals surface area contributed by atoms with E-state index in [2.05, 4.69) is 28.9 Å². The predicted molar refractivity (Wildman–Crippen MR) is 72.6 cm³/mol. The quantitative estimate of drug-likeness (QED) is 0.762. The highest BCUT2D eigenvalue weighted by Gasteiger charge is 2.14. The minimum atomic E-state index is 0.474. The van der Waals surface area contributed by atoms with Crippen molar-refractivity contribution in [1.29, 1.82) is 0 Å². The maximum absolute atomic E-state index is 5.79. The van der Waals surface area contributed by atoms with Gasteiger partial charge in [0.2, 0.25) is 0 Å². The van der Waals surface area contributed by atoms with Gasteiger partial charge in [-0.3, -0.25) is 0 Å². The van der Waals surface area contributed by atoms with Crippen LogP contribution in [0.3, 0.4) is 0 Å². The molecule has 1 unspecified atom stereocenters. The van der Waals surface area contributed by atoms with Crippen molar-refractivity contribution in [2.75, 3.05) is 13.2 Å². The molecule has 17 heavy (non-hydrogen) atoms. The maximum Gasteiger partial charge on any atom is 0.123 e. The van der Waals surface area contributed by atoms with Gasteiger partial charge in [-0.1, -0.05) is 22.0 Å². The molecule has 0 aromatic heterocycles. The molecule has 0 bridgehead atoms. The third-order valence-electron chi connectivity index (χ3n) is 3.10. The first-order chi connectivity index (χ1) is 8.25. The van der Waals surface area contributed by atoms with Crippen LogP contribution in [-0.4, -0.2) is 19.3 Å². The van der Waals surface area contributed by atoms with E-state index in [0.717, 1.165) is 36.3 Å². The summed E-state index contributed by atoms with van der Waals surface area (Å²) in [6.07, 6.45) is 5.10. The number of ether oxygens (including phenoxy) is 2. The lowest BCUT2D eigenvalue weighted by Crippen LogP contribution is -2.07. The molecule has 1 saturated heterocycles. The van der Waals surface area contributed by atoms with Crippen molar-refractivity contribution < 1.29 is 9.47 Å². The summed E-state index contributed by atoms with van der Waals surface area (Å²) in [4.78, 5) is 0. The molecule has 94 valence electrons. The average molecular weight is 299 g/mol. The molecule has 2 rings (SSSR count). The SMILES string of the molecule is Cc1ccc(Br)cc1OCCCC1CCCO1. The van der Waals surface area contributed by atoms with Crippen molar-refractivity contribution in [2.45, 2.75) is 38.7 Å². The fraction of sp³-hybridized carbons (Fsp3) is 0.571. The Hall–Kier alpha value is -0.540. The van der Waals surface area contributed by atoms with E-state index in [1.807, 2.05) is 12.1 Å². The Labute approximate surface area is 111 Å². The van der Waals surface area contributed by atoms with Crippen molar-refractivity contribution in [3.63, 3.8) is 0 Å². The lowest BCUT2D eigenvalue weighted by molar-refractivity contribution is 0.0981. The first-order valence-corrected chi connectivity index (χ1v) is 7.05. The van der Waals surface area contributed by atoms with Gasteiger partial charge >= 0.3 is 0 Å². The molecular formula is C14H19BrO2. The van der Waals surface area contributed by atoms with E-state index in [-0.39, 0.29) is 0 Å². The van der Waals surface area contributed by atoms with Gasteiger partial charge in [0.25, 0.3) is 0 Å². The maximum atomic E-state index is 5.79. The highest BCUT2D eigenvalue weighted by atomic mass is 79.9.